The lowest BCUT2D eigenvalue weighted by Crippen LogP contribution is -2.41. The van der Waals surface area contributed by atoms with Crippen LogP contribution >= 0.6 is 11.3 Å². The van der Waals surface area contributed by atoms with Crippen molar-refractivity contribution in [3.05, 3.63) is 57.8 Å². The van der Waals surface area contributed by atoms with Gasteiger partial charge in [-0.05, 0) is 41.8 Å². The molecule has 1 aromatic carbocycles. The molecule has 0 spiro atoms. The van der Waals surface area contributed by atoms with E-state index in [2.05, 4.69) is 5.32 Å². The Hall–Kier alpha value is -2.18. The zero-order valence-electron chi connectivity index (χ0n) is 12.9. The molecule has 2 unspecified atom stereocenters. The second-order valence-corrected chi connectivity index (χ2v) is 6.69. The number of aliphatic hydroxyl groups excluding tert-OH is 1. The minimum Gasteiger partial charge on any atom is -0.387 e. The highest BCUT2D eigenvalue weighted by Crippen LogP contribution is 2.31. The van der Waals surface area contributed by atoms with E-state index in [-0.39, 0.29) is 12.5 Å². The van der Waals surface area contributed by atoms with E-state index in [1.165, 1.54) is 11.3 Å². The number of aryl methyl sites for hydroxylation is 1. The van der Waals surface area contributed by atoms with Crippen LogP contribution in [0.4, 0.5) is 4.79 Å². The Morgan fingerprint density at radius 3 is 2.57 bits per heavy atom. The summed E-state index contributed by atoms with van der Waals surface area (Å²) in [5.74, 6) is -0.341. The summed E-state index contributed by atoms with van der Waals surface area (Å²) in [6.07, 6.45) is -0.907. The highest BCUT2D eigenvalue weighted by atomic mass is 32.1. The number of nitrogens with one attached hydrogen (secondary N) is 1. The van der Waals surface area contributed by atoms with Crippen LogP contribution in [0.15, 0.2) is 41.1 Å². The van der Waals surface area contributed by atoms with Crippen molar-refractivity contribution in [2.75, 3.05) is 6.54 Å². The van der Waals surface area contributed by atoms with Crippen LogP contribution < -0.4 is 5.32 Å². The largest absolute Gasteiger partial charge is 0.387 e. The number of thiophene rings is 1. The Morgan fingerprint density at radius 1 is 1.26 bits per heavy atom. The first-order valence-electron chi connectivity index (χ1n) is 7.33. The maximum atomic E-state index is 12.7. The molecule has 1 aliphatic heterocycles. The fraction of sp³-hybridized carbons (Fsp3) is 0.294. The van der Waals surface area contributed by atoms with Crippen molar-refractivity contribution in [3.63, 3.8) is 0 Å². The molecule has 23 heavy (non-hydrogen) atoms. The Labute approximate surface area is 138 Å². The molecule has 3 amide bonds. The lowest BCUT2D eigenvalue weighted by Gasteiger charge is -2.22. The zero-order valence-corrected chi connectivity index (χ0v) is 13.8. The van der Waals surface area contributed by atoms with Crippen LogP contribution in [0.1, 0.15) is 29.7 Å². The number of nitrogens with zero attached hydrogens (tertiary/aromatic N) is 1. The minimum absolute atomic E-state index is 0.0620. The van der Waals surface area contributed by atoms with E-state index < -0.39 is 17.7 Å². The van der Waals surface area contributed by atoms with Crippen LogP contribution in [-0.4, -0.2) is 28.5 Å². The third kappa shape index (κ3) is 2.75. The highest BCUT2D eigenvalue weighted by Gasteiger charge is 2.49. The molecular formula is C17H18N2O3S. The molecule has 3 rings (SSSR count). The van der Waals surface area contributed by atoms with Crippen molar-refractivity contribution in [2.45, 2.75) is 25.5 Å². The lowest BCUT2D eigenvalue weighted by atomic mass is 9.95. The monoisotopic (exact) mass is 330 g/mol. The third-order valence-electron chi connectivity index (χ3n) is 4.19. The first-order chi connectivity index (χ1) is 10.9. The van der Waals surface area contributed by atoms with Crippen molar-refractivity contribution in [1.82, 2.24) is 10.2 Å². The van der Waals surface area contributed by atoms with E-state index in [9.17, 15) is 14.7 Å². The molecule has 1 fully saturated rings. The van der Waals surface area contributed by atoms with E-state index in [0.29, 0.717) is 5.56 Å². The van der Waals surface area contributed by atoms with Gasteiger partial charge in [-0.15, -0.1) is 0 Å². The molecule has 2 N–H and O–H groups in total. The third-order valence-corrected chi connectivity index (χ3v) is 4.87. The topological polar surface area (TPSA) is 69.6 Å². The predicted molar refractivity (Wildman–Crippen MR) is 88.1 cm³/mol. The van der Waals surface area contributed by atoms with Gasteiger partial charge in [0.25, 0.3) is 5.91 Å². The van der Waals surface area contributed by atoms with Gasteiger partial charge in [-0.25, -0.2) is 4.79 Å². The summed E-state index contributed by atoms with van der Waals surface area (Å²) in [4.78, 5) is 26.0. The summed E-state index contributed by atoms with van der Waals surface area (Å²) in [5, 5.41) is 16.8. The normalized spacial score (nSPS) is 22.3. The standard InChI is InChI=1S/C17H18N2O3S/c1-11-3-5-12(6-4-11)14(20)9-19-15(21)17(2,18-16(19)22)13-7-8-23-10-13/h3-8,10,14,20H,9H2,1-2H3,(H,18,22). The molecule has 0 radical (unpaired) electrons. The van der Waals surface area contributed by atoms with Crippen LogP contribution in [0.2, 0.25) is 0 Å². The average molecular weight is 330 g/mol. The van der Waals surface area contributed by atoms with Gasteiger partial charge >= 0.3 is 6.03 Å². The number of hydrogen-bond donors (Lipinski definition) is 2. The van der Waals surface area contributed by atoms with Crippen molar-refractivity contribution >= 4 is 23.3 Å². The molecule has 0 aliphatic carbocycles. The molecule has 2 atom stereocenters. The van der Waals surface area contributed by atoms with Gasteiger partial charge in [0, 0.05) is 0 Å². The van der Waals surface area contributed by atoms with Crippen LogP contribution in [-0.2, 0) is 10.3 Å². The molecule has 6 heteroatoms. The zero-order chi connectivity index (χ0) is 16.6. The maximum absolute atomic E-state index is 12.7. The Balaban J connectivity index is 1.79. The predicted octanol–water partition coefficient (Wildman–Crippen LogP) is 2.56. The number of aliphatic hydroxyl groups is 1. The van der Waals surface area contributed by atoms with Crippen LogP contribution in [0, 0.1) is 6.92 Å². The minimum atomic E-state index is -1.07. The summed E-state index contributed by atoms with van der Waals surface area (Å²) in [6.45, 7) is 3.58. The molecule has 0 saturated carbocycles. The summed E-state index contributed by atoms with van der Waals surface area (Å²) < 4.78 is 0. The van der Waals surface area contributed by atoms with E-state index in [4.69, 9.17) is 0 Å². The molecular weight excluding hydrogens is 312 g/mol. The molecule has 1 aliphatic rings. The molecule has 2 aromatic rings. The Bertz CT molecular complexity index is 727. The number of carbonyl (C=O) groups excluding carboxylic acids is 2. The van der Waals surface area contributed by atoms with Crippen LogP contribution in [0.25, 0.3) is 0 Å². The SMILES string of the molecule is Cc1ccc(C(O)CN2C(=O)NC(C)(c3ccsc3)C2=O)cc1. The van der Waals surface area contributed by atoms with Gasteiger partial charge in [-0.1, -0.05) is 29.8 Å². The maximum Gasteiger partial charge on any atom is 0.325 e. The van der Waals surface area contributed by atoms with Crippen LogP contribution in [0.3, 0.4) is 0 Å². The van der Waals surface area contributed by atoms with Crippen molar-refractivity contribution < 1.29 is 14.7 Å². The number of hydrogen-bond acceptors (Lipinski definition) is 4. The summed E-state index contributed by atoms with van der Waals surface area (Å²) in [6, 6.07) is 8.73. The van der Waals surface area contributed by atoms with Gasteiger partial charge in [0.15, 0.2) is 0 Å². The quantitative estimate of drug-likeness (QED) is 0.847. The van der Waals surface area contributed by atoms with Gasteiger partial charge in [0.1, 0.15) is 5.54 Å². The number of amides is 3. The van der Waals surface area contributed by atoms with Gasteiger partial charge in [0.2, 0.25) is 0 Å². The number of rotatable bonds is 4. The Morgan fingerprint density at radius 2 is 1.96 bits per heavy atom. The van der Waals surface area contributed by atoms with E-state index in [1.807, 2.05) is 35.9 Å². The van der Waals surface area contributed by atoms with Crippen molar-refractivity contribution in [3.8, 4) is 0 Å². The molecule has 0 bridgehead atoms. The molecule has 2 heterocycles. The lowest BCUT2D eigenvalue weighted by molar-refractivity contribution is -0.132. The van der Waals surface area contributed by atoms with E-state index in [1.54, 1.807) is 19.1 Å². The second kappa shape index (κ2) is 5.79. The number of carbonyl (C=O) groups is 2. The molecule has 5 nitrogen and oxygen atoms in total. The van der Waals surface area contributed by atoms with E-state index >= 15 is 0 Å². The average Bonchev–Trinajstić information content (AvgIpc) is 3.12. The van der Waals surface area contributed by atoms with Crippen molar-refractivity contribution in [1.29, 1.82) is 0 Å². The van der Waals surface area contributed by atoms with Gasteiger partial charge < -0.3 is 10.4 Å². The van der Waals surface area contributed by atoms with Gasteiger partial charge in [0.05, 0.1) is 12.6 Å². The molecule has 1 aromatic heterocycles. The van der Waals surface area contributed by atoms with Gasteiger partial charge in [-0.2, -0.15) is 11.3 Å². The number of imide groups is 1. The van der Waals surface area contributed by atoms with Gasteiger partial charge in [-0.3, -0.25) is 9.69 Å². The fourth-order valence-corrected chi connectivity index (χ4v) is 3.44. The van der Waals surface area contributed by atoms with E-state index in [0.717, 1.165) is 16.0 Å². The van der Waals surface area contributed by atoms with Crippen LogP contribution in [0.5, 0.6) is 0 Å². The molecule has 120 valence electrons. The Kier molecular flexibility index (Phi) is 3.95. The highest BCUT2D eigenvalue weighted by molar-refractivity contribution is 7.08. The first-order valence-corrected chi connectivity index (χ1v) is 8.27. The smallest absolute Gasteiger partial charge is 0.325 e. The summed E-state index contributed by atoms with van der Waals surface area (Å²) >= 11 is 1.47. The second-order valence-electron chi connectivity index (χ2n) is 5.91. The fourth-order valence-electron chi connectivity index (χ4n) is 2.67. The van der Waals surface area contributed by atoms with Crippen molar-refractivity contribution in [2.24, 2.45) is 0 Å². The number of β-amino-alcohol motifs (C(OH)–C–C–N with tert-alkyl or cyclic N) is 1. The summed E-state index contributed by atoms with van der Waals surface area (Å²) in [5.41, 5.74) is 1.46. The number of urea groups is 1. The summed E-state index contributed by atoms with van der Waals surface area (Å²) in [7, 11) is 0. The first kappa shape index (κ1) is 15.7. The molecule has 1 saturated heterocycles. The number of benzene rings is 1.